The van der Waals surface area contributed by atoms with E-state index >= 15 is 0 Å². The largest absolute Gasteiger partial charge is 0.367 e. The molecule has 4 heteroatoms. The Morgan fingerprint density at radius 3 is 3.05 bits per heavy atom. The fraction of sp³-hybridized carbons (Fsp3) is 0.733. The third kappa shape index (κ3) is 3.31. The zero-order chi connectivity index (χ0) is 13.7. The van der Waals surface area contributed by atoms with Crippen molar-refractivity contribution in [1.82, 2.24) is 15.3 Å². The molecule has 2 rings (SSSR count). The van der Waals surface area contributed by atoms with Gasteiger partial charge in [0.05, 0.1) is 5.69 Å². The second-order valence-corrected chi connectivity index (χ2v) is 5.53. The first kappa shape index (κ1) is 14.4. The Morgan fingerprint density at radius 2 is 2.37 bits per heavy atom. The fourth-order valence-electron chi connectivity index (χ4n) is 3.07. The Morgan fingerprint density at radius 1 is 1.53 bits per heavy atom. The van der Waals surface area contributed by atoms with Gasteiger partial charge in [0.1, 0.15) is 5.60 Å². The first-order valence-corrected chi connectivity index (χ1v) is 7.31. The lowest BCUT2D eigenvalue weighted by Crippen LogP contribution is -2.37. The van der Waals surface area contributed by atoms with Gasteiger partial charge in [-0.25, -0.2) is 9.97 Å². The highest BCUT2D eigenvalue weighted by atomic mass is 16.5. The van der Waals surface area contributed by atoms with E-state index in [1.54, 1.807) is 0 Å². The van der Waals surface area contributed by atoms with Gasteiger partial charge in [-0.2, -0.15) is 0 Å². The lowest BCUT2D eigenvalue weighted by atomic mass is 9.78. The average Bonchev–Trinajstić information content (AvgIpc) is 2.40. The van der Waals surface area contributed by atoms with Crippen molar-refractivity contribution in [3.8, 4) is 0 Å². The molecule has 0 radical (unpaired) electrons. The molecule has 2 atom stereocenters. The van der Waals surface area contributed by atoms with Crippen LogP contribution in [0.25, 0.3) is 0 Å². The highest BCUT2D eigenvalue weighted by Crippen LogP contribution is 2.41. The molecule has 1 aromatic heterocycles. The van der Waals surface area contributed by atoms with Crippen LogP contribution in [0.3, 0.4) is 0 Å². The van der Waals surface area contributed by atoms with Crippen LogP contribution in [-0.2, 0) is 16.9 Å². The molecule has 1 saturated carbocycles. The molecule has 0 amide bonds. The zero-order valence-corrected chi connectivity index (χ0v) is 12.3. The predicted molar refractivity (Wildman–Crippen MR) is 75.7 cm³/mol. The Kier molecular flexibility index (Phi) is 4.88. The molecule has 1 aliphatic rings. The molecule has 1 N–H and O–H groups in total. The minimum absolute atomic E-state index is 0.268. The highest BCUT2D eigenvalue weighted by molar-refractivity contribution is 5.10. The summed E-state index contributed by atoms with van der Waals surface area (Å²) in [5.74, 6) is 1.55. The Bertz CT molecular complexity index is 406. The van der Waals surface area contributed by atoms with Crippen LogP contribution in [0.4, 0.5) is 0 Å². The van der Waals surface area contributed by atoms with E-state index in [0.29, 0.717) is 12.5 Å². The minimum atomic E-state index is -0.268. The quantitative estimate of drug-likeness (QED) is 0.887. The maximum absolute atomic E-state index is 6.11. The molecular formula is C15H25N3O. The molecule has 106 valence electrons. The lowest BCUT2D eigenvalue weighted by Gasteiger charge is -2.38. The van der Waals surface area contributed by atoms with Crippen LogP contribution in [-0.4, -0.2) is 23.6 Å². The summed E-state index contributed by atoms with van der Waals surface area (Å²) in [5.41, 5.74) is 0.765. The van der Waals surface area contributed by atoms with Crippen LogP contribution in [0.1, 0.15) is 51.0 Å². The molecule has 0 bridgehead atoms. The minimum Gasteiger partial charge on any atom is -0.367 e. The number of hydrogen-bond donors (Lipinski definition) is 1. The van der Waals surface area contributed by atoms with Gasteiger partial charge in [0, 0.05) is 19.3 Å². The van der Waals surface area contributed by atoms with Gasteiger partial charge in [-0.15, -0.1) is 0 Å². The van der Waals surface area contributed by atoms with Crippen LogP contribution < -0.4 is 5.32 Å². The van der Waals surface area contributed by atoms with E-state index in [-0.39, 0.29) is 5.60 Å². The summed E-state index contributed by atoms with van der Waals surface area (Å²) in [4.78, 5) is 9.22. The predicted octanol–water partition coefficient (Wildman–Crippen LogP) is 2.64. The molecule has 0 aliphatic heterocycles. The van der Waals surface area contributed by atoms with Crippen LogP contribution in [0, 0.1) is 5.92 Å². The Hall–Kier alpha value is -1.00. The third-order valence-electron chi connectivity index (χ3n) is 3.86. The van der Waals surface area contributed by atoms with Gasteiger partial charge in [-0.1, -0.05) is 13.3 Å². The van der Waals surface area contributed by atoms with Crippen molar-refractivity contribution in [3.05, 3.63) is 23.8 Å². The van der Waals surface area contributed by atoms with Gasteiger partial charge < -0.3 is 10.1 Å². The molecule has 0 saturated heterocycles. The maximum atomic E-state index is 6.11. The Balaban J connectivity index is 2.29. The number of ether oxygens (including phenoxy) is 1. The summed E-state index contributed by atoms with van der Waals surface area (Å²) in [7, 11) is 1.93. The van der Waals surface area contributed by atoms with Crippen LogP contribution in [0.15, 0.2) is 12.3 Å². The fourth-order valence-corrected chi connectivity index (χ4v) is 3.07. The molecular weight excluding hydrogens is 238 g/mol. The average molecular weight is 263 g/mol. The number of aromatic nitrogens is 2. The number of hydrogen-bond acceptors (Lipinski definition) is 4. The normalized spacial score (nSPS) is 27.4. The van der Waals surface area contributed by atoms with E-state index < -0.39 is 0 Å². The van der Waals surface area contributed by atoms with Crippen molar-refractivity contribution in [3.63, 3.8) is 0 Å². The molecule has 1 aromatic rings. The van der Waals surface area contributed by atoms with Crippen molar-refractivity contribution in [2.24, 2.45) is 5.92 Å². The molecule has 1 aliphatic carbocycles. The van der Waals surface area contributed by atoms with Gasteiger partial charge in [-0.05, 0) is 45.2 Å². The van der Waals surface area contributed by atoms with Gasteiger partial charge in [-0.3, -0.25) is 0 Å². The zero-order valence-electron chi connectivity index (χ0n) is 12.3. The lowest BCUT2D eigenvalue weighted by molar-refractivity contribution is -0.0882. The van der Waals surface area contributed by atoms with Crippen LogP contribution >= 0.6 is 0 Å². The first-order valence-electron chi connectivity index (χ1n) is 7.31. The van der Waals surface area contributed by atoms with Crippen LogP contribution in [0.2, 0.25) is 0 Å². The molecule has 2 unspecified atom stereocenters. The third-order valence-corrected chi connectivity index (χ3v) is 3.86. The maximum Gasteiger partial charge on any atom is 0.160 e. The molecule has 1 heterocycles. The molecule has 1 fully saturated rings. The van der Waals surface area contributed by atoms with Crippen molar-refractivity contribution in [2.75, 3.05) is 13.7 Å². The SMILES string of the molecule is CCOC1(c2nccc(CNC)n2)CCCC(C)C1. The monoisotopic (exact) mass is 263 g/mol. The van der Waals surface area contributed by atoms with E-state index in [9.17, 15) is 0 Å². The molecule has 4 nitrogen and oxygen atoms in total. The summed E-state index contributed by atoms with van der Waals surface area (Å²) in [6, 6.07) is 1.96. The number of nitrogens with zero attached hydrogens (tertiary/aromatic N) is 2. The van der Waals surface area contributed by atoms with Gasteiger partial charge in [0.25, 0.3) is 0 Å². The highest BCUT2D eigenvalue weighted by Gasteiger charge is 2.39. The number of nitrogens with one attached hydrogen (secondary N) is 1. The standard InChI is InChI=1S/C15H25N3O/c1-4-19-15(8-5-6-12(2)10-15)14-17-9-7-13(18-14)11-16-3/h7,9,12,16H,4-6,8,10-11H2,1-3H3. The molecule has 19 heavy (non-hydrogen) atoms. The van der Waals surface area contributed by atoms with Gasteiger partial charge >= 0.3 is 0 Å². The summed E-state index contributed by atoms with van der Waals surface area (Å²) >= 11 is 0. The summed E-state index contributed by atoms with van der Waals surface area (Å²) < 4.78 is 6.11. The topological polar surface area (TPSA) is 47.0 Å². The van der Waals surface area contributed by atoms with Crippen molar-refractivity contribution in [1.29, 1.82) is 0 Å². The van der Waals surface area contributed by atoms with Crippen molar-refractivity contribution >= 4 is 0 Å². The second-order valence-electron chi connectivity index (χ2n) is 5.53. The number of rotatable bonds is 5. The molecule has 0 aromatic carbocycles. The van der Waals surface area contributed by atoms with E-state index in [1.807, 2.05) is 19.3 Å². The van der Waals surface area contributed by atoms with Crippen LogP contribution in [0.5, 0.6) is 0 Å². The Labute approximate surface area is 116 Å². The van der Waals surface area contributed by atoms with E-state index in [1.165, 1.54) is 12.8 Å². The van der Waals surface area contributed by atoms with E-state index in [2.05, 4.69) is 24.1 Å². The van der Waals surface area contributed by atoms with Gasteiger partial charge in [0.15, 0.2) is 5.82 Å². The first-order chi connectivity index (χ1) is 9.20. The van der Waals surface area contributed by atoms with Gasteiger partial charge in [0.2, 0.25) is 0 Å². The summed E-state index contributed by atoms with van der Waals surface area (Å²) in [6.45, 7) is 5.84. The smallest absolute Gasteiger partial charge is 0.160 e. The summed E-state index contributed by atoms with van der Waals surface area (Å²) in [6.07, 6.45) is 6.40. The second kappa shape index (κ2) is 6.44. The van der Waals surface area contributed by atoms with Crippen molar-refractivity contribution < 1.29 is 4.74 Å². The summed E-state index contributed by atoms with van der Waals surface area (Å²) in [5, 5.41) is 3.14. The molecule has 0 spiro atoms. The van der Waals surface area contributed by atoms with Crippen molar-refractivity contribution in [2.45, 2.75) is 51.7 Å². The van der Waals surface area contributed by atoms with E-state index in [0.717, 1.165) is 30.9 Å². The van der Waals surface area contributed by atoms with E-state index in [4.69, 9.17) is 9.72 Å².